The Labute approximate surface area is 306 Å². The van der Waals surface area contributed by atoms with Gasteiger partial charge in [-0.1, -0.05) is 39.3 Å². The minimum atomic E-state index is -1.62. The number of hydrogen-bond acceptors (Lipinski definition) is 13. The third kappa shape index (κ3) is 5.50. The Bertz CT molecular complexity index is 1350. The third-order valence-corrected chi connectivity index (χ3v) is 15.8. The molecule has 0 amide bonds. The number of fused-ring (bicyclic) bond motifs is 7. The fourth-order valence-corrected chi connectivity index (χ4v) is 12.5. The molecule has 13 heteroatoms. The molecule has 0 unspecified atom stereocenters. The summed E-state index contributed by atoms with van der Waals surface area (Å²) in [6.45, 7) is 10.7. The number of aliphatic hydroxyl groups excluding tert-OH is 6. The first-order chi connectivity index (χ1) is 24.6. The van der Waals surface area contributed by atoms with Gasteiger partial charge in [-0.15, -0.1) is 0 Å². The number of rotatable bonds is 5. The van der Waals surface area contributed by atoms with Gasteiger partial charge in [0, 0.05) is 17.8 Å². The summed E-state index contributed by atoms with van der Waals surface area (Å²) >= 11 is 0. The van der Waals surface area contributed by atoms with Gasteiger partial charge in [0.2, 0.25) is 0 Å². The molecule has 1 spiro atoms. The lowest BCUT2D eigenvalue weighted by molar-refractivity contribution is -0.369. The minimum absolute atomic E-state index is 0.0411. The Morgan fingerprint density at radius 2 is 1.60 bits per heavy atom. The summed E-state index contributed by atoms with van der Waals surface area (Å²) in [5.74, 6) is 0.929. The van der Waals surface area contributed by atoms with E-state index < -0.39 is 79.4 Å². The molecule has 13 nitrogen and oxygen atoms in total. The van der Waals surface area contributed by atoms with Gasteiger partial charge in [-0.25, -0.2) is 0 Å². The highest BCUT2D eigenvalue weighted by atomic mass is 16.8. The molecule has 0 aromatic rings. The van der Waals surface area contributed by atoms with Gasteiger partial charge in [0.1, 0.15) is 48.3 Å². The highest BCUT2D eigenvalue weighted by molar-refractivity contribution is 5.29. The van der Waals surface area contributed by atoms with Crippen LogP contribution in [0.4, 0.5) is 0 Å². The predicted octanol–water partition coefficient (Wildman–Crippen LogP) is 1.50. The molecule has 52 heavy (non-hydrogen) atoms. The lowest BCUT2D eigenvalue weighted by Crippen LogP contribution is -2.64. The molecule has 4 aliphatic carbocycles. The Hall–Kier alpha value is -0.780. The first-order valence-corrected chi connectivity index (χ1v) is 19.9. The van der Waals surface area contributed by atoms with Crippen LogP contribution in [0.1, 0.15) is 92.4 Å². The Morgan fingerprint density at radius 3 is 2.31 bits per heavy atom. The third-order valence-electron chi connectivity index (χ3n) is 15.8. The van der Waals surface area contributed by atoms with Crippen molar-refractivity contribution in [3.05, 3.63) is 11.6 Å². The number of hydrogen-bond donors (Lipinski definition) is 7. The Balaban J connectivity index is 0.977. The van der Waals surface area contributed by atoms with Crippen LogP contribution in [0.15, 0.2) is 11.6 Å². The van der Waals surface area contributed by atoms with Gasteiger partial charge in [0.25, 0.3) is 0 Å². The minimum Gasteiger partial charge on any atom is -0.394 e. The lowest BCUT2D eigenvalue weighted by atomic mass is 9.46. The van der Waals surface area contributed by atoms with E-state index in [2.05, 4.69) is 33.8 Å². The van der Waals surface area contributed by atoms with Crippen LogP contribution in [-0.2, 0) is 28.4 Å². The van der Waals surface area contributed by atoms with Crippen molar-refractivity contribution in [2.45, 2.75) is 177 Å². The average Bonchev–Trinajstić information content (AvgIpc) is 3.48. The zero-order chi connectivity index (χ0) is 37.1. The topological polar surface area (TPSA) is 197 Å². The first-order valence-electron chi connectivity index (χ1n) is 19.9. The second-order valence-corrected chi connectivity index (χ2v) is 18.4. The summed E-state index contributed by atoms with van der Waals surface area (Å²) < 4.78 is 37.3. The quantitative estimate of drug-likeness (QED) is 0.201. The molecule has 0 aromatic heterocycles. The molecule has 0 aromatic carbocycles. The smallest absolute Gasteiger partial charge is 0.187 e. The lowest BCUT2D eigenvalue weighted by Gasteiger charge is -2.60. The van der Waals surface area contributed by atoms with Gasteiger partial charge < -0.3 is 64.2 Å². The van der Waals surface area contributed by atoms with Crippen LogP contribution in [0.2, 0.25) is 0 Å². The zero-order valence-electron chi connectivity index (χ0n) is 31.3. The fraction of sp³-hybridized carbons (Fsp3) is 0.949. The van der Waals surface area contributed by atoms with Crippen molar-refractivity contribution in [1.82, 2.24) is 0 Å². The van der Waals surface area contributed by atoms with E-state index in [1.165, 1.54) is 12.5 Å². The van der Waals surface area contributed by atoms with Crippen molar-refractivity contribution in [2.75, 3.05) is 13.2 Å². The molecule has 0 radical (unpaired) electrons. The summed E-state index contributed by atoms with van der Waals surface area (Å²) in [7, 11) is 0. The molecule has 0 bridgehead atoms. The Kier molecular flexibility index (Phi) is 9.83. The van der Waals surface area contributed by atoms with E-state index in [-0.39, 0.29) is 29.0 Å². The zero-order valence-corrected chi connectivity index (χ0v) is 31.3. The summed E-state index contributed by atoms with van der Waals surface area (Å²) in [5, 5.41) is 75.6. The molecule has 8 aliphatic rings. The fourth-order valence-electron chi connectivity index (χ4n) is 12.5. The number of aliphatic hydroxyl groups is 7. The van der Waals surface area contributed by atoms with Crippen LogP contribution >= 0.6 is 0 Å². The molecule has 21 atom stereocenters. The molecule has 4 aliphatic heterocycles. The highest BCUT2D eigenvalue weighted by Gasteiger charge is 2.76. The molecular weight excluding hydrogens is 676 g/mol. The second-order valence-electron chi connectivity index (χ2n) is 18.4. The van der Waals surface area contributed by atoms with Crippen LogP contribution in [-0.4, -0.2) is 134 Å². The molecule has 296 valence electrons. The van der Waals surface area contributed by atoms with Gasteiger partial charge in [-0.2, -0.15) is 0 Å². The van der Waals surface area contributed by atoms with Crippen molar-refractivity contribution in [1.29, 1.82) is 0 Å². The normalized spacial score (nSPS) is 58.9. The predicted molar refractivity (Wildman–Crippen MR) is 183 cm³/mol. The Morgan fingerprint density at radius 1 is 0.827 bits per heavy atom. The van der Waals surface area contributed by atoms with E-state index in [4.69, 9.17) is 28.4 Å². The van der Waals surface area contributed by atoms with E-state index in [0.29, 0.717) is 43.1 Å². The van der Waals surface area contributed by atoms with Crippen molar-refractivity contribution < 1.29 is 64.2 Å². The molecule has 4 heterocycles. The summed E-state index contributed by atoms with van der Waals surface area (Å²) in [4.78, 5) is 0. The van der Waals surface area contributed by atoms with E-state index in [0.717, 1.165) is 44.9 Å². The molecule has 8 rings (SSSR count). The monoisotopic (exact) mass is 738 g/mol. The van der Waals surface area contributed by atoms with E-state index in [9.17, 15) is 35.7 Å². The average molecular weight is 739 g/mol. The maximum Gasteiger partial charge on any atom is 0.187 e. The van der Waals surface area contributed by atoms with Crippen LogP contribution in [0.5, 0.6) is 0 Å². The maximum atomic E-state index is 12.7. The van der Waals surface area contributed by atoms with Crippen molar-refractivity contribution in [2.24, 2.45) is 40.4 Å². The van der Waals surface area contributed by atoms with E-state index >= 15 is 0 Å². The van der Waals surface area contributed by atoms with Gasteiger partial charge in [0.15, 0.2) is 18.4 Å². The molecule has 7 N–H and O–H groups in total. The largest absolute Gasteiger partial charge is 0.394 e. The van der Waals surface area contributed by atoms with Gasteiger partial charge >= 0.3 is 0 Å². The molecule has 3 saturated carbocycles. The van der Waals surface area contributed by atoms with Gasteiger partial charge in [-0.05, 0) is 87.4 Å². The van der Waals surface area contributed by atoms with Crippen molar-refractivity contribution in [3.63, 3.8) is 0 Å². The van der Waals surface area contributed by atoms with Crippen molar-refractivity contribution >= 4 is 0 Å². The maximum absolute atomic E-state index is 12.7. The van der Waals surface area contributed by atoms with Crippen LogP contribution in [0.3, 0.4) is 0 Å². The summed E-state index contributed by atoms with van der Waals surface area (Å²) in [6, 6.07) is 0. The van der Waals surface area contributed by atoms with E-state index in [1.807, 2.05) is 0 Å². The molecule has 7 fully saturated rings. The van der Waals surface area contributed by atoms with Crippen LogP contribution in [0, 0.1) is 40.4 Å². The highest BCUT2D eigenvalue weighted by Crippen LogP contribution is 2.72. The molecule has 4 saturated heterocycles. The van der Waals surface area contributed by atoms with Gasteiger partial charge in [0.05, 0.1) is 31.5 Å². The van der Waals surface area contributed by atoms with E-state index in [1.54, 1.807) is 0 Å². The number of allylic oxidation sites excluding steroid dienone is 1. The standard InChI is InChI=1S/C39H62O13/c1-18-8-13-38(47-17-18)20(3)39(46)27(52-38)15-25-23-7-6-21-14-22(9-11-36(21,4)24(23)10-12-37(25,39)5)49-35-33(31(44)29(42)26(16-40)50-35)51-34-32(45)30(43)28(41)19(2)48-34/h6,18-20,22-35,40-46H,7-17H2,1-5H3/t18-,19+,20+,22-,23-,24+,25-,26-,27-,28+,29-,30-,31-,32-,33-,34-,35-,36-,37-,38-,39-/m1/s1. The molecular formula is C39H62O13. The van der Waals surface area contributed by atoms with Crippen LogP contribution in [0.25, 0.3) is 0 Å². The first kappa shape index (κ1) is 38.1. The second kappa shape index (κ2) is 13.4. The van der Waals surface area contributed by atoms with Crippen molar-refractivity contribution in [3.8, 4) is 0 Å². The van der Waals surface area contributed by atoms with Crippen LogP contribution < -0.4 is 0 Å². The number of ether oxygens (including phenoxy) is 6. The SMILES string of the molecule is C[C@@H]1CC[C@@]2(OC1)O[C@@H]1C[C@@H]3[C@@H]4CC=C5C[C@H](O[C@@H]6O[C@H](CO)[C@@H](O)[C@@H](O)[C@H]6O[C@H]6O[C@@H](C)[C@H](O)[C@@H](O)[C@H]6O)CC[C@@]5(C)[C@H]4CC[C@@]3(C)[C@@]1(O)[C@H]2C. The van der Waals surface area contributed by atoms with Gasteiger partial charge in [-0.3, -0.25) is 0 Å². The summed E-state index contributed by atoms with van der Waals surface area (Å²) in [5.41, 5.74) is 0.0981. The summed E-state index contributed by atoms with van der Waals surface area (Å²) in [6.07, 6.45) is -3.83.